The summed E-state index contributed by atoms with van der Waals surface area (Å²) in [7, 11) is 2.68. The lowest BCUT2D eigenvalue weighted by atomic mass is 10.1. The maximum Gasteiger partial charge on any atom is 0.410 e. The average Bonchev–Trinajstić information content (AvgIpc) is 3.41. The topological polar surface area (TPSA) is 164 Å². The van der Waals surface area contributed by atoms with E-state index in [4.69, 9.17) is 19.5 Å². The summed E-state index contributed by atoms with van der Waals surface area (Å²) in [4.78, 5) is 69.9. The van der Waals surface area contributed by atoms with Crippen molar-refractivity contribution < 1.29 is 43.5 Å². The van der Waals surface area contributed by atoms with Gasteiger partial charge < -0.3 is 14.8 Å². The molecule has 0 aromatic heterocycles. The van der Waals surface area contributed by atoms with Crippen molar-refractivity contribution in [3.63, 3.8) is 0 Å². The molecular formula is C28H32N4O9S. The van der Waals surface area contributed by atoms with E-state index in [1.807, 2.05) is 5.48 Å². The van der Waals surface area contributed by atoms with Gasteiger partial charge in [-0.2, -0.15) is 0 Å². The summed E-state index contributed by atoms with van der Waals surface area (Å²) in [5.74, 6) is -1.93. The van der Waals surface area contributed by atoms with Gasteiger partial charge in [-0.05, 0) is 42.3 Å². The number of ether oxygens (including phenoxy) is 2. The standard InChI is InChI=1S/C28H32N4O9S/c1-5-10-40-27(36)20-11-19(26(35)31(3)39-4)12-22(13-20)29-25(34)24-14-23(42-17(2)33)15-32(24)28(37)41-16-18-6-8-21(30-38)9-7-18/h5-9,11-13,23-24,30,38H,1,10,14-16H2,2-4H3,(H,29,34)/t23-,24-/m0/s1. The molecule has 1 fully saturated rings. The quantitative estimate of drug-likeness (QED) is 0.197. The number of carbonyl (C=O) groups excluding carboxylic acids is 5. The maximum absolute atomic E-state index is 13.5. The van der Waals surface area contributed by atoms with E-state index in [9.17, 15) is 24.0 Å². The summed E-state index contributed by atoms with van der Waals surface area (Å²) in [5, 5.41) is 12.1. The number of anilines is 2. The van der Waals surface area contributed by atoms with Crippen molar-refractivity contribution in [3.8, 4) is 0 Å². The second kappa shape index (κ2) is 15.0. The van der Waals surface area contributed by atoms with Gasteiger partial charge in [-0.25, -0.2) is 14.7 Å². The smallest absolute Gasteiger partial charge is 0.410 e. The molecule has 1 aliphatic rings. The first-order chi connectivity index (χ1) is 20.1. The van der Waals surface area contributed by atoms with E-state index in [1.54, 1.807) is 24.3 Å². The highest BCUT2D eigenvalue weighted by molar-refractivity contribution is 8.14. The lowest BCUT2D eigenvalue weighted by Crippen LogP contribution is -2.43. The zero-order chi connectivity index (χ0) is 30.8. The molecule has 3 amide bonds. The predicted molar refractivity (Wildman–Crippen MR) is 154 cm³/mol. The molecule has 0 radical (unpaired) electrons. The van der Waals surface area contributed by atoms with Crippen LogP contribution in [0.2, 0.25) is 0 Å². The van der Waals surface area contributed by atoms with Gasteiger partial charge >= 0.3 is 12.1 Å². The van der Waals surface area contributed by atoms with E-state index in [-0.39, 0.29) is 53.4 Å². The minimum Gasteiger partial charge on any atom is -0.458 e. The van der Waals surface area contributed by atoms with Crippen LogP contribution in [0.3, 0.4) is 0 Å². The zero-order valence-corrected chi connectivity index (χ0v) is 24.1. The number of carbonyl (C=O) groups is 5. The van der Waals surface area contributed by atoms with Gasteiger partial charge in [-0.1, -0.05) is 36.5 Å². The van der Waals surface area contributed by atoms with Gasteiger partial charge in [0.15, 0.2) is 5.12 Å². The van der Waals surface area contributed by atoms with Crippen LogP contribution in [0.5, 0.6) is 0 Å². The molecule has 2 atom stereocenters. The third kappa shape index (κ3) is 8.55. The molecule has 0 saturated carbocycles. The molecule has 1 saturated heterocycles. The van der Waals surface area contributed by atoms with Gasteiger partial charge in [0.1, 0.15) is 19.3 Å². The van der Waals surface area contributed by atoms with E-state index >= 15 is 0 Å². The molecule has 224 valence electrons. The highest BCUT2D eigenvalue weighted by Gasteiger charge is 2.41. The first-order valence-electron chi connectivity index (χ1n) is 12.7. The molecule has 1 heterocycles. The van der Waals surface area contributed by atoms with E-state index in [2.05, 4.69) is 11.9 Å². The molecule has 0 aliphatic carbocycles. The molecule has 3 rings (SSSR count). The minimum atomic E-state index is -1.01. The largest absolute Gasteiger partial charge is 0.458 e. The van der Waals surface area contributed by atoms with Crippen LogP contribution in [0.25, 0.3) is 0 Å². The third-order valence-electron chi connectivity index (χ3n) is 6.15. The van der Waals surface area contributed by atoms with Crippen molar-refractivity contribution in [1.82, 2.24) is 9.96 Å². The number of hydrogen-bond acceptors (Lipinski definition) is 11. The Morgan fingerprint density at radius 1 is 1.10 bits per heavy atom. The average molecular weight is 601 g/mol. The highest BCUT2D eigenvalue weighted by atomic mass is 32.2. The molecule has 3 N–H and O–H groups in total. The fraction of sp³-hybridized carbons (Fsp3) is 0.321. The monoisotopic (exact) mass is 600 g/mol. The van der Waals surface area contributed by atoms with Crippen molar-refractivity contribution >= 4 is 52.1 Å². The number of hydroxylamine groups is 2. The Labute approximate surface area is 246 Å². The fourth-order valence-corrected chi connectivity index (χ4v) is 5.10. The predicted octanol–water partition coefficient (Wildman–Crippen LogP) is 3.46. The van der Waals surface area contributed by atoms with E-state index < -0.39 is 29.9 Å². The third-order valence-corrected chi connectivity index (χ3v) is 7.16. The van der Waals surface area contributed by atoms with Crippen molar-refractivity contribution in [2.24, 2.45) is 0 Å². The molecular weight excluding hydrogens is 568 g/mol. The first kappa shape index (κ1) is 32.1. The summed E-state index contributed by atoms with van der Waals surface area (Å²) in [6.45, 7) is 4.84. The van der Waals surface area contributed by atoms with Crippen LogP contribution in [-0.4, -0.2) is 82.8 Å². The summed E-state index contributed by atoms with van der Waals surface area (Å²) < 4.78 is 10.5. The summed E-state index contributed by atoms with van der Waals surface area (Å²) in [5.41, 5.74) is 3.26. The second-order valence-corrected chi connectivity index (χ2v) is 10.6. The van der Waals surface area contributed by atoms with Gasteiger partial charge in [0, 0.05) is 37.0 Å². The number of esters is 1. The Hall–Kier alpha value is -4.40. The number of benzene rings is 2. The van der Waals surface area contributed by atoms with Crippen LogP contribution in [0.1, 0.15) is 39.6 Å². The van der Waals surface area contributed by atoms with Crippen molar-refractivity contribution in [3.05, 3.63) is 71.8 Å². The Kier molecular flexibility index (Phi) is 11.5. The van der Waals surface area contributed by atoms with Crippen molar-refractivity contribution in [2.75, 3.05) is 38.1 Å². The summed E-state index contributed by atoms with van der Waals surface area (Å²) >= 11 is 1.02. The second-order valence-electron chi connectivity index (χ2n) is 9.16. The van der Waals surface area contributed by atoms with Crippen LogP contribution in [-0.2, 0) is 30.5 Å². The zero-order valence-electron chi connectivity index (χ0n) is 23.3. The Bertz CT molecular complexity index is 1340. The lowest BCUT2D eigenvalue weighted by Gasteiger charge is -2.23. The summed E-state index contributed by atoms with van der Waals surface area (Å²) in [6.07, 6.45) is 0.797. The molecule has 42 heavy (non-hydrogen) atoms. The van der Waals surface area contributed by atoms with Gasteiger partial charge in [0.05, 0.1) is 18.4 Å². The molecule has 2 aromatic rings. The van der Waals surface area contributed by atoms with Crippen LogP contribution in [0.4, 0.5) is 16.2 Å². The van der Waals surface area contributed by atoms with Gasteiger partial charge in [-0.3, -0.25) is 34.8 Å². The highest BCUT2D eigenvalue weighted by Crippen LogP contribution is 2.30. The molecule has 0 unspecified atom stereocenters. The van der Waals surface area contributed by atoms with Gasteiger partial charge in [0.25, 0.3) is 5.91 Å². The van der Waals surface area contributed by atoms with Crippen molar-refractivity contribution in [1.29, 1.82) is 0 Å². The van der Waals surface area contributed by atoms with E-state index in [0.717, 1.165) is 16.8 Å². The molecule has 0 bridgehead atoms. The number of rotatable bonds is 11. The van der Waals surface area contributed by atoms with Crippen LogP contribution in [0.15, 0.2) is 55.1 Å². The first-order valence-corrected chi connectivity index (χ1v) is 13.6. The van der Waals surface area contributed by atoms with E-state index in [1.165, 1.54) is 50.3 Å². The molecule has 14 heteroatoms. The summed E-state index contributed by atoms with van der Waals surface area (Å²) in [6, 6.07) is 9.51. The maximum atomic E-state index is 13.5. The lowest BCUT2D eigenvalue weighted by molar-refractivity contribution is -0.120. The number of thioether (sulfide) groups is 1. The number of nitrogens with zero attached hydrogens (tertiary/aromatic N) is 2. The van der Waals surface area contributed by atoms with Crippen LogP contribution in [0, 0.1) is 0 Å². The van der Waals surface area contributed by atoms with Crippen molar-refractivity contribution in [2.45, 2.75) is 31.2 Å². The van der Waals surface area contributed by atoms with Gasteiger partial charge in [0.2, 0.25) is 5.91 Å². The normalized spacial score (nSPS) is 15.9. The van der Waals surface area contributed by atoms with E-state index in [0.29, 0.717) is 11.3 Å². The SMILES string of the molecule is C=CCOC(=O)c1cc(NC(=O)[C@@H]2C[C@H](SC(C)=O)CN2C(=O)OCc2ccc(NO)cc2)cc(C(=O)N(C)OC)c1. The number of hydrogen-bond donors (Lipinski definition) is 3. The van der Waals surface area contributed by atoms with Crippen LogP contribution < -0.4 is 10.8 Å². The van der Waals surface area contributed by atoms with Crippen LogP contribution >= 0.6 is 11.8 Å². The molecule has 2 aromatic carbocycles. The fourth-order valence-electron chi connectivity index (χ4n) is 4.12. The molecule has 1 aliphatic heterocycles. The Morgan fingerprint density at radius 3 is 2.40 bits per heavy atom. The molecule has 0 spiro atoms. The number of likely N-dealkylation sites (tertiary alicyclic amines) is 1. The Morgan fingerprint density at radius 2 is 1.79 bits per heavy atom. The van der Waals surface area contributed by atoms with Gasteiger partial charge in [-0.15, -0.1) is 0 Å². The number of amides is 3. The number of nitrogens with one attached hydrogen (secondary N) is 2. The Balaban J connectivity index is 1.83. The minimum absolute atomic E-state index is 0.00220. The molecule has 13 nitrogen and oxygen atoms in total.